The molecule has 4 rings (SSSR count). The van der Waals surface area contributed by atoms with E-state index in [1.807, 2.05) is 35.2 Å². The highest BCUT2D eigenvalue weighted by Crippen LogP contribution is 2.33. The fraction of sp³-hybridized carbons (Fsp3) is 0.273. The lowest BCUT2D eigenvalue weighted by Crippen LogP contribution is -2.33. The van der Waals surface area contributed by atoms with Crippen molar-refractivity contribution in [1.29, 1.82) is 0 Å². The summed E-state index contributed by atoms with van der Waals surface area (Å²) in [5.74, 6) is 1.79. The summed E-state index contributed by atoms with van der Waals surface area (Å²) >= 11 is 5.94. The number of halogens is 1. The number of aromatic nitrogens is 1. The lowest BCUT2D eigenvalue weighted by atomic mass is 10.1. The van der Waals surface area contributed by atoms with Gasteiger partial charge in [0.1, 0.15) is 11.5 Å². The predicted octanol–water partition coefficient (Wildman–Crippen LogP) is 4.82. The number of hydrogen-bond donors (Lipinski definition) is 0. The van der Waals surface area contributed by atoms with E-state index in [-0.39, 0.29) is 17.6 Å². The van der Waals surface area contributed by atoms with E-state index in [1.165, 1.54) is 0 Å². The van der Waals surface area contributed by atoms with E-state index < -0.39 is 0 Å². The fourth-order valence-corrected chi connectivity index (χ4v) is 3.34. The Bertz CT molecular complexity index is 1010. The van der Waals surface area contributed by atoms with Gasteiger partial charge in [-0.15, -0.1) is 0 Å². The maximum Gasteiger partial charge on any atom is 0.276 e. The van der Waals surface area contributed by atoms with Crippen molar-refractivity contribution in [1.82, 2.24) is 10.1 Å². The van der Waals surface area contributed by atoms with Gasteiger partial charge in [-0.25, -0.2) is 0 Å². The van der Waals surface area contributed by atoms with Gasteiger partial charge in [0.25, 0.3) is 5.91 Å². The average molecular weight is 413 g/mol. The molecule has 0 N–H and O–H groups in total. The first-order valence-corrected chi connectivity index (χ1v) is 9.71. The minimum atomic E-state index is -0.165. The van der Waals surface area contributed by atoms with E-state index >= 15 is 0 Å². The highest BCUT2D eigenvalue weighted by molar-refractivity contribution is 6.30. The van der Waals surface area contributed by atoms with Crippen LogP contribution < -0.4 is 9.47 Å². The summed E-state index contributed by atoms with van der Waals surface area (Å²) in [5, 5.41) is 4.64. The van der Waals surface area contributed by atoms with Crippen molar-refractivity contribution in [3.05, 3.63) is 64.8 Å². The van der Waals surface area contributed by atoms with Gasteiger partial charge in [0.15, 0.2) is 11.5 Å². The van der Waals surface area contributed by atoms with Crippen LogP contribution in [0.5, 0.6) is 11.5 Å². The first-order valence-electron chi connectivity index (χ1n) is 9.33. The molecule has 0 radical (unpaired) electrons. The summed E-state index contributed by atoms with van der Waals surface area (Å²) in [6, 6.07) is 14.6. The number of carbonyl (C=O) groups is 1. The summed E-state index contributed by atoms with van der Waals surface area (Å²) in [4.78, 5) is 15.0. The molecule has 1 saturated carbocycles. The van der Waals surface area contributed by atoms with Gasteiger partial charge in [0, 0.05) is 28.3 Å². The maximum atomic E-state index is 13.2. The number of hydrogen-bond acceptors (Lipinski definition) is 5. The van der Waals surface area contributed by atoms with Crippen LogP contribution in [0, 0.1) is 0 Å². The van der Waals surface area contributed by atoms with Crippen molar-refractivity contribution < 1.29 is 18.8 Å². The van der Waals surface area contributed by atoms with E-state index in [0.717, 1.165) is 29.7 Å². The van der Waals surface area contributed by atoms with Crippen LogP contribution in [-0.4, -0.2) is 36.2 Å². The Morgan fingerprint density at radius 3 is 2.55 bits per heavy atom. The first-order chi connectivity index (χ1) is 14.1. The third kappa shape index (κ3) is 4.22. The van der Waals surface area contributed by atoms with Crippen LogP contribution in [0.15, 0.2) is 53.1 Å². The zero-order chi connectivity index (χ0) is 20.4. The normalized spacial score (nSPS) is 13.2. The Labute approximate surface area is 174 Å². The molecule has 1 heterocycles. The maximum absolute atomic E-state index is 13.2. The second-order valence-corrected chi connectivity index (χ2v) is 7.36. The largest absolute Gasteiger partial charge is 0.497 e. The summed E-state index contributed by atoms with van der Waals surface area (Å²) < 4.78 is 16.2. The minimum absolute atomic E-state index is 0.165. The number of ether oxygens (including phenoxy) is 2. The van der Waals surface area contributed by atoms with Crippen molar-refractivity contribution in [3.8, 4) is 22.8 Å². The second kappa shape index (κ2) is 8.17. The molecule has 3 aromatic rings. The summed E-state index contributed by atoms with van der Waals surface area (Å²) in [6.07, 6.45) is 1.94. The highest BCUT2D eigenvalue weighted by Gasteiger charge is 2.35. The third-order valence-corrected chi connectivity index (χ3v) is 5.19. The number of rotatable bonds is 7. The molecule has 2 aromatic carbocycles. The van der Waals surface area contributed by atoms with Crippen LogP contribution in [0.1, 0.15) is 28.9 Å². The van der Waals surface area contributed by atoms with Crippen molar-refractivity contribution in [2.24, 2.45) is 0 Å². The molecule has 150 valence electrons. The van der Waals surface area contributed by atoms with E-state index in [2.05, 4.69) is 5.16 Å². The average Bonchev–Trinajstić information content (AvgIpc) is 3.47. The van der Waals surface area contributed by atoms with Crippen LogP contribution in [0.3, 0.4) is 0 Å². The van der Waals surface area contributed by atoms with Crippen molar-refractivity contribution in [3.63, 3.8) is 0 Å². The molecule has 0 bridgehead atoms. The smallest absolute Gasteiger partial charge is 0.276 e. The fourth-order valence-electron chi connectivity index (χ4n) is 3.22. The topological polar surface area (TPSA) is 64.8 Å². The van der Waals surface area contributed by atoms with Crippen LogP contribution in [0.2, 0.25) is 5.02 Å². The lowest BCUT2D eigenvalue weighted by molar-refractivity contribution is 0.0718. The zero-order valence-electron chi connectivity index (χ0n) is 16.2. The Hall–Kier alpha value is -2.99. The van der Waals surface area contributed by atoms with E-state index in [0.29, 0.717) is 23.1 Å². The van der Waals surface area contributed by atoms with Gasteiger partial charge in [-0.1, -0.05) is 16.8 Å². The predicted molar refractivity (Wildman–Crippen MR) is 109 cm³/mol. The molecule has 7 heteroatoms. The number of amides is 1. The van der Waals surface area contributed by atoms with Gasteiger partial charge in [-0.05, 0) is 55.3 Å². The van der Waals surface area contributed by atoms with Crippen LogP contribution in [0.25, 0.3) is 11.3 Å². The van der Waals surface area contributed by atoms with Gasteiger partial charge >= 0.3 is 0 Å². The number of nitrogens with zero attached hydrogens (tertiary/aromatic N) is 2. The van der Waals surface area contributed by atoms with E-state index in [1.54, 1.807) is 32.4 Å². The molecule has 1 aliphatic rings. The molecule has 0 spiro atoms. The Morgan fingerprint density at radius 2 is 1.90 bits per heavy atom. The van der Waals surface area contributed by atoms with Crippen LogP contribution in [0.4, 0.5) is 0 Å². The van der Waals surface area contributed by atoms with Gasteiger partial charge in [0.2, 0.25) is 0 Å². The van der Waals surface area contributed by atoms with Crippen molar-refractivity contribution in [2.75, 3.05) is 14.2 Å². The van der Waals surface area contributed by atoms with Gasteiger partial charge in [-0.3, -0.25) is 4.79 Å². The number of benzene rings is 2. The molecule has 0 aliphatic heterocycles. The molecule has 29 heavy (non-hydrogen) atoms. The molecule has 1 aliphatic carbocycles. The summed E-state index contributed by atoms with van der Waals surface area (Å²) in [7, 11) is 3.23. The second-order valence-electron chi connectivity index (χ2n) is 6.93. The molecular formula is C22H21ClN2O4. The molecule has 0 unspecified atom stereocenters. The third-order valence-electron chi connectivity index (χ3n) is 4.93. The lowest BCUT2D eigenvalue weighted by Gasteiger charge is -2.22. The minimum Gasteiger partial charge on any atom is -0.497 e. The highest BCUT2D eigenvalue weighted by atomic mass is 35.5. The van der Waals surface area contributed by atoms with Crippen LogP contribution in [-0.2, 0) is 6.54 Å². The quantitative estimate of drug-likeness (QED) is 0.556. The van der Waals surface area contributed by atoms with Gasteiger partial charge in [0.05, 0.1) is 20.8 Å². The molecule has 1 amide bonds. The molecule has 1 aromatic heterocycles. The number of carbonyl (C=O) groups excluding carboxylic acids is 1. The molecule has 0 saturated heterocycles. The van der Waals surface area contributed by atoms with Crippen LogP contribution >= 0.6 is 11.6 Å². The standard InChI is InChI=1S/C22H21ClN2O4/c1-27-18-9-10-20(28-2)15(11-18)13-25(17-7-8-17)22(26)19-12-21(29-24-19)14-3-5-16(23)6-4-14/h3-6,9-12,17H,7-8,13H2,1-2H3. The summed E-state index contributed by atoms with van der Waals surface area (Å²) in [5.41, 5.74) is 1.98. The molecule has 1 fully saturated rings. The van der Waals surface area contributed by atoms with E-state index in [9.17, 15) is 4.79 Å². The zero-order valence-corrected chi connectivity index (χ0v) is 17.0. The molecule has 6 nitrogen and oxygen atoms in total. The van der Waals surface area contributed by atoms with E-state index in [4.69, 9.17) is 25.6 Å². The molecule has 0 atom stereocenters. The monoisotopic (exact) mass is 412 g/mol. The molecular weight excluding hydrogens is 392 g/mol. The Morgan fingerprint density at radius 1 is 1.14 bits per heavy atom. The Balaban J connectivity index is 1.58. The van der Waals surface area contributed by atoms with Gasteiger partial charge < -0.3 is 18.9 Å². The first kappa shape index (κ1) is 19.3. The van der Waals surface area contributed by atoms with Crippen molar-refractivity contribution >= 4 is 17.5 Å². The summed E-state index contributed by atoms with van der Waals surface area (Å²) in [6.45, 7) is 0.410. The SMILES string of the molecule is COc1ccc(OC)c(CN(C(=O)c2cc(-c3ccc(Cl)cc3)on2)C2CC2)c1. The van der Waals surface area contributed by atoms with Gasteiger partial charge in [-0.2, -0.15) is 0 Å². The van der Waals surface area contributed by atoms with Crippen molar-refractivity contribution in [2.45, 2.75) is 25.4 Å². The number of methoxy groups -OCH3 is 2. The Kier molecular flexibility index (Phi) is 5.45.